The molecule has 1 aliphatic heterocycles. The molecule has 0 unspecified atom stereocenters. The van der Waals surface area contributed by atoms with Gasteiger partial charge in [-0.2, -0.15) is 0 Å². The number of nitrogens with zero attached hydrogens (tertiary/aromatic N) is 3. The number of aromatic hydroxyl groups is 2. The van der Waals surface area contributed by atoms with Crippen LogP contribution in [0.1, 0.15) is 25.3 Å². The number of aromatic nitrogens is 3. The zero-order valence-electron chi connectivity index (χ0n) is 17.5. The van der Waals surface area contributed by atoms with Gasteiger partial charge in [0.25, 0.3) is 0 Å². The van der Waals surface area contributed by atoms with Crippen molar-refractivity contribution in [1.82, 2.24) is 15.0 Å². The van der Waals surface area contributed by atoms with Crippen molar-refractivity contribution in [3.8, 4) is 45.5 Å². The Labute approximate surface area is 178 Å². The van der Waals surface area contributed by atoms with Gasteiger partial charge in [0.15, 0.2) is 11.5 Å². The molecule has 1 aromatic heterocycles. The van der Waals surface area contributed by atoms with E-state index in [2.05, 4.69) is 10.3 Å². The lowest BCUT2D eigenvalue weighted by Crippen LogP contribution is -2.16. The fraction of sp³-hybridized carbons (Fsp3) is 0.318. The quantitative estimate of drug-likeness (QED) is 0.599. The lowest BCUT2D eigenvalue weighted by atomic mass is 9.96. The molecule has 0 bridgehead atoms. The predicted molar refractivity (Wildman–Crippen MR) is 111 cm³/mol. The van der Waals surface area contributed by atoms with E-state index in [1.54, 1.807) is 18.2 Å². The maximum Gasteiger partial charge on any atom is 0.327 e. The van der Waals surface area contributed by atoms with E-state index in [1.165, 1.54) is 17.9 Å². The van der Waals surface area contributed by atoms with Gasteiger partial charge < -0.3 is 24.4 Å². The summed E-state index contributed by atoms with van der Waals surface area (Å²) in [5, 5.41) is 29.2. The normalized spacial score (nSPS) is 12.8. The van der Waals surface area contributed by atoms with E-state index in [1.807, 2.05) is 19.9 Å². The van der Waals surface area contributed by atoms with E-state index in [4.69, 9.17) is 14.2 Å². The van der Waals surface area contributed by atoms with Crippen molar-refractivity contribution < 1.29 is 29.2 Å². The highest BCUT2D eigenvalue weighted by Gasteiger charge is 2.24. The van der Waals surface area contributed by atoms with Gasteiger partial charge >= 0.3 is 5.97 Å². The SMILES string of the molecule is COC(=O)Cn1nnc(-c2cc(C(C)C)c(O)cc2O)c1-c1ccc2c(c1)OCCO2. The Balaban J connectivity index is 1.91. The molecule has 4 rings (SSSR count). The maximum absolute atomic E-state index is 12.0. The Morgan fingerprint density at radius 3 is 2.58 bits per heavy atom. The number of fused-ring (bicyclic) bond motifs is 1. The van der Waals surface area contributed by atoms with Gasteiger partial charge in [-0.25, -0.2) is 4.68 Å². The van der Waals surface area contributed by atoms with Crippen LogP contribution < -0.4 is 9.47 Å². The summed E-state index contributed by atoms with van der Waals surface area (Å²) in [6, 6.07) is 8.34. The lowest BCUT2D eigenvalue weighted by molar-refractivity contribution is -0.141. The summed E-state index contributed by atoms with van der Waals surface area (Å²) in [4.78, 5) is 12.0. The van der Waals surface area contributed by atoms with E-state index >= 15 is 0 Å². The first kappa shape index (κ1) is 20.5. The Morgan fingerprint density at radius 1 is 1.13 bits per heavy atom. The van der Waals surface area contributed by atoms with Gasteiger partial charge in [-0.05, 0) is 35.7 Å². The summed E-state index contributed by atoms with van der Waals surface area (Å²) in [5.41, 5.74) is 2.58. The van der Waals surface area contributed by atoms with Crippen LogP contribution in [-0.2, 0) is 16.1 Å². The van der Waals surface area contributed by atoms with Crippen molar-refractivity contribution in [2.75, 3.05) is 20.3 Å². The van der Waals surface area contributed by atoms with E-state index in [0.717, 1.165) is 0 Å². The van der Waals surface area contributed by atoms with Crippen LogP contribution in [0.2, 0.25) is 0 Å². The first-order valence-electron chi connectivity index (χ1n) is 9.85. The second-order valence-corrected chi connectivity index (χ2v) is 7.46. The fourth-order valence-electron chi connectivity index (χ4n) is 3.51. The van der Waals surface area contributed by atoms with E-state index in [9.17, 15) is 15.0 Å². The summed E-state index contributed by atoms with van der Waals surface area (Å²) in [5.74, 6) is 0.566. The average Bonchev–Trinajstić information content (AvgIpc) is 3.16. The van der Waals surface area contributed by atoms with Crippen molar-refractivity contribution in [1.29, 1.82) is 0 Å². The minimum atomic E-state index is -0.493. The molecular weight excluding hydrogens is 402 g/mol. The van der Waals surface area contributed by atoms with Crippen LogP contribution >= 0.6 is 0 Å². The monoisotopic (exact) mass is 425 g/mol. The molecule has 0 fully saturated rings. The number of esters is 1. The minimum Gasteiger partial charge on any atom is -0.508 e. The van der Waals surface area contributed by atoms with Crippen molar-refractivity contribution >= 4 is 5.97 Å². The molecule has 0 amide bonds. The zero-order valence-corrected chi connectivity index (χ0v) is 17.5. The molecule has 0 spiro atoms. The number of benzene rings is 2. The molecule has 0 saturated heterocycles. The molecule has 9 nitrogen and oxygen atoms in total. The maximum atomic E-state index is 12.0. The second-order valence-electron chi connectivity index (χ2n) is 7.46. The van der Waals surface area contributed by atoms with Gasteiger partial charge in [0.1, 0.15) is 37.0 Å². The summed E-state index contributed by atoms with van der Waals surface area (Å²) in [6.07, 6.45) is 0. The van der Waals surface area contributed by atoms with Crippen LogP contribution in [0, 0.1) is 0 Å². The van der Waals surface area contributed by atoms with Gasteiger partial charge in [0, 0.05) is 17.2 Å². The zero-order chi connectivity index (χ0) is 22.1. The Kier molecular flexibility index (Phi) is 5.41. The second kappa shape index (κ2) is 8.17. The lowest BCUT2D eigenvalue weighted by Gasteiger charge is -2.19. The molecular formula is C22H23N3O6. The summed E-state index contributed by atoms with van der Waals surface area (Å²) in [6.45, 7) is 4.61. The first-order chi connectivity index (χ1) is 14.9. The highest BCUT2D eigenvalue weighted by Crippen LogP contribution is 2.42. The van der Waals surface area contributed by atoms with E-state index in [-0.39, 0.29) is 24.0 Å². The summed E-state index contributed by atoms with van der Waals surface area (Å²) in [7, 11) is 1.30. The van der Waals surface area contributed by atoms with Crippen molar-refractivity contribution in [3.05, 3.63) is 35.9 Å². The van der Waals surface area contributed by atoms with Gasteiger partial charge in [-0.15, -0.1) is 5.10 Å². The van der Waals surface area contributed by atoms with E-state index in [0.29, 0.717) is 52.8 Å². The highest BCUT2D eigenvalue weighted by atomic mass is 16.6. The van der Waals surface area contributed by atoms with Crippen LogP contribution in [0.15, 0.2) is 30.3 Å². The molecule has 1 aliphatic rings. The predicted octanol–water partition coefficient (Wildman–Crippen LogP) is 3.09. The third-order valence-corrected chi connectivity index (χ3v) is 5.08. The molecule has 31 heavy (non-hydrogen) atoms. The number of carbonyl (C=O) groups excluding carboxylic acids is 1. The van der Waals surface area contributed by atoms with Crippen molar-refractivity contribution in [3.63, 3.8) is 0 Å². The molecule has 2 heterocycles. The summed E-state index contributed by atoms with van der Waals surface area (Å²) < 4.78 is 17.5. The van der Waals surface area contributed by atoms with Crippen molar-refractivity contribution in [2.24, 2.45) is 0 Å². The molecule has 0 radical (unpaired) electrons. The van der Waals surface area contributed by atoms with Gasteiger partial charge in [-0.3, -0.25) is 4.79 Å². The number of rotatable bonds is 5. The first-order valence-corrected chi connectivity index (χ1v) is 9.85. The number of hydrogen-bond acceptors (Lipinski definition) is 8. The molecule has 2 aromatic carbocycles. The number of hydrogen-bond donors (Lipinski definition) is 2. The Bertz CT molecular complexity index is 1140. The number of methoxy groups -OCH3 is 1. The molecule has 0 aliphatic carbocycles. The third-order valence-electron chi connectivity index (χ3n) is 5.08. The molecule has 9 heteroatoms. The third kappa shape index (κ3) is 3.86. The van der Waals surface area contributed by atoms with E-state index < -0.39 is 5.97 Å². The largest absolute Gasteiger partial charge is 0.508 e. The topological polar surface area (TPSA) is 116 Å². The number of phenolic OH excluding ortho intramolecular Hbond substituents is 2. The molecule has 162 valence electrons. The molecule has 3 aromatic rings. The fourth-order valence-corrected chi connectivity index (χ4v) is 3.51. The van der Waals surface area contributed by atoms with Crippen LogP contribution in [0.3, 0.4) is 0 Å². The van der Waals surface area contributed by atoms with Crippen LogP contribution in [0.25, 0.3) is 22.5 Å². The van der Waals surface area contributed by atoms with Gasteiger partial charge in [0.05, 0.1) is 12.8 Å². The van der Waals surface area contributed by atoms with Crippen LogP contribution in [-0.4, -0.2) is 51.5 Å². The van der Waals surface area contributed by atoms with Gasteiger partial charge in [0.2, 0.25) is 0 Å². The standard InChI is InChI=1S/C22H23N3O6/c1-12(2)14-9-15(17(27)10-16(14)26)21-22(25(24-23-21)11-20(28)29-3)13-4-5-18-19(8-13)31-7-6-30-18/h4-5,8-10,12,26-27H,6-7,11H2,1-3H3. The number of phenols is 2. The number of carbonyl (C=O) groups is 1. The average molecular weight is 425 g/mol. The molecule has 0 atom stereocenters. The summed E-state index contributed by atoms with van der Waals surface area (Å²) >= 11 is 0. The smallest absolute Gasteiger partial charge is 0.327 e. The van der Waals surface area contributed by atoms with Crippen molar-refractivity contribution in [2.45, 2.75) is 26.3 Å². The van der Waals surface area contributed by atoms with Crippen LogP contribution in [0.4, 0.5) is 0 Å². The van der Waals surface area contributed by atoms with Crippen LogP contribution in [0.5, 0.6) is 23.0 Å². The Hall–Kier alpha value is -3.75. The molecule has 2 N–H and O–H groups in total. The Morgan fingerprint density at radius 2 is 1.87 bits per heavy atom. The van der Waals surface area contributed by atoms with Gasteiger partial charge in [-0.1, -0.05) is 19.1 Å². The minimum absolute atomic E-state index is 0.000850. The highest BCUT2D eigenvalue weighted by molar-refractivity contribution is 5.83. The number of ether oxygens (including phenoxy) is 3. The molecule has 0 saturated carbocycles.